The number of carbonyl (C=O) groups excluding carboxylic acids is 2. The van der Waals surface area contributed by atoms with Crippen molar-refractivity contribution in [1.29, 1.82) is 0 Å². The van der Waals surface area contributed by atoms with Gasteiger partial charge in [0.1, 0.15) is 6.10 Å². The Morgan fingerprint density at radius 3 is 2.35 bits per heavy atom. The first-order chi connectivity index (χ1) is 16.2. The van der Waals surface area contributed by atoms with Crippen LogP contribution in [0.1, 0.15) is 19.8 Å². The third kappa shape index (κ3) is 4.88. The van der Waals surface area contributed by atoms with Crippen LogP contribution in [0.3, 0.4) is 0 Å². The van der Waals surface area contributed by atoms with Crippen LogP contribution in [-0.2, 0) is 19.3 Å². The molecule has 2 aromatic carbocycles. The average Bonchev–Trinajstić information content (AvgIpc) is 2.83. The van der Waals surface area contributed by atoms with Gasteiger partial charge in [-0.2, -0.15) is 0 Å². The molecule has 1 saturated heterocycles. The minimum Gasteiger partial charge on any atom is -0.452 e. The molecule has 2 aliphatic rings. The Bertz CT molecular complexity index is 1180. The van der Waals surface area contributed by atoms with Crippen molar-refractivity contribution in [2.45, 2.75) is 36.8 Å². The highest BCUT2D eigenvalue weighted by Gasteiger charge is 2.37. The molecule has 2 amide bonds. The third-order valence-corrected chi connectivity index (χ3v) is 7.27. The van der Waals surface area contributed by atoms with E-state index in [1.54, 1.807) is 35.2 Å². The van der Waals surface area contributed by atoms with E-state index in [9.17, 15) is 18.0 Å². The van der Waals surface area contributed by atoms with Crippen LogP contribution in [0.25, 0.3) is 11.1 Å². The number of hydrogen-bond donors (Lipinski definition) is 1. The number of nitrogens with zero attached hydrogens (tertiary/aromatic N) is 2. The number of fused-ring (bicyclic) bond motifs is 1. The van der Waals surface area contributed by atoms with E-state index < -0.39 is 22.0 Å². The standard InChI is InChI=1S/C24H29N3O6S/c1-16-15-26(23(28)33-19-5-4-12-25-14-19)22-13-18(8-11-21(22)27(16)24(29)32-2)17-6-9-20(10-7-17)34(3,30)31/h6-11,13,16,19,25H,4-5,12,14-15H2,1-3H3/t16-,19?/m0/s1. The fourth-order valence-electron chi connectivity index (χ4n) is 4.38. The summed E-state index contributed by atoms with van der Waals surface area (Å²) in [5.74, 6) is 0. The molecular weight excluding hydrogens is 458 g/mol. The quantitative estimate of drug-likeness (QED) is 0.707. The Morgan fingerprint density at radius 2 is 1.74 bits per heavy atom. The zero-order chi connectivity index (χ0) is 24.5. The molecule has 0 bridgehead atoms. The van der Waals surface area contributed by atoms with Gasteiger partial charge in [0.15, 0.2) is 9.84 Å². The topological polar surface area (TPSA) is 105 Å². The zero-order valence-electron chi connectivity index (χ0n) is 19.5. The molecule has 9 nitrogen and oxygen atoms in total. The molecule has 0 spiro atoms. The molecule has 34 heavy (non-hydrogen) atoms. The molecule has 1 fully saturated rings. The van der Waals surface area contributed by atoms with E-state index in [1.807, 2.05) is 19.1 Å². The van der Waals surface area contributed by atoms with Crippen LogP contribution in [0, 0.1) is 0 Å². The summed E-state index contributed by atoms with van der Waals surface area (Å²) in [6.45, 7) is 3.62. The first-order valence-corrected chi connectivity index (χ1v) is 13.1. The van der Waals surface area contributed by atoms with Crippen LogP contribution < -0.4 is 15.1 Å². The molecule has 4 rings (SSSR count). The lowest BCUT2D eigenvalue weighted by Crippen LogP contribution is -2.53. The largest absolute Gasteiger partial charge is 0.452 e. The first kappa shape index (κ1) is 24.0. The second kappa shape index (κ2) is 9.63. The second-order valence-electron chi connectivity index (χ2n) is 8.65. The van der Waals surface area contributed by atoms with Crippen LogP contribution in [0.4, 0.5) is 21.0 Å². The van der Waals surface area contributed by atoms with Gasteiger partial charge in [-0.05, 0) is 61.7 Å². The Balaban J connectivity index is 1.71. The van der Waals surface area contributed by atoms with E-state index in [0.717, 1.165) is 36.8 Å². The number of anilines is 2. The first-order valence-electron chi connectivity index (χ1n) is 11.2. The molecular formula is C24H29N3O6S. The molecule has 1 N–H and O–H groups in total. The minimum atomic E-state index is -3.31. The maximum atomic E-state index is 13.2. The van der Waals surface area contributed by atoms with Gasteiger partial charge in [0.05, 0.1) is 36.0 Å². The highest BCUT2D eigenvalue weighted by atomic mass is 32.2. The van der Waals surface area contributed by atoms with Gasteiger partial charge in [-0.3, -0.25) is 9.80 Å². The van der Waals surface area contributed by atoms with Gasteiger partial charge >= 0.3 is 12.2 Å². The summed E-state index contributed by atoms with van der Waals surface area (Å²) in [6, 6.07) is 11.6. The summed E-state index contributed by atoms with van der Waals surface area (Å²) in [4.78, 5) is 29.0. The fraction of sp³-hybridized carbons (Fsp3) is 0.417. The third-order valence-electron chi connectivity index (χ3n) is 6.14. The maximum absolute atomic E-state index is 13.2. The van der Waals surface area contributed by atoms with Crippen LogP contribution in [-0.4, -0.2) is 65.7 Å². The van der Waals surface area contributed by atoms with Gasteiger partial charge in [0.2, 0.25) is 0 Å². The molecule has 1 unspecified atom stereocenters. The van der Waals surface area contributed by atoms with Crippen molar-refractivity contribution in [3.05, 3.63) is 42.5 Å². The number of sulfone groups is 1. The molecule has 2 aliphatic heterocycles. The van der Waals surface area contributed by atoms with Gasteiger partial charge in [0.25, 0.3) is 0 Å². The Labute approximate surface area is 199 Å². The number of amides is 2. The molecule has 0 aromatic heterocycles. The monoisotopic (exact) mass is 487 g/mol. The van der Waals surface area contributed by atoms with E-state index in [2.05, 4.69) is 5.32 Å². The lowest BCUT2D eigenvalue weighted by molar-refractivity contribution is 0.0876. The smallest absolute Gasteiger partial charge is 0.414 e. The van der Waals surface area contributed by atoms with Crippen LogP contribution in [0.2, 0.25) is 0 Å². The number of hydrogen-bond acceptors (Lipinski definition) is 7. The number of rotatable bonds is 3. The predicted octanol–water partition coefficient (Wildman–Crippen LogP) is 3.43. The van der Waals surface area contributed by atoms with Crippen molar-refractivity contribution < 1.29 is 27.5 Å². The Kier molecular flexibility index (Phi) is 6.81. The molecule has 0 radical (unpaired) electrons. The lowest BCUT2D eigenvalue weighted by atomic mass is 10.0. The summed E-state index contributed by atoms with van der Waals surface area (Å²) in [6.07, 6.45) is 1.73. The molecule has 2 atom stereocenters. The van der Waals surface area contributed by atoms with Crippen molar-refractivity contribution in [2.24, 2.45) is 0 Å². The van der Waals surface area contributed by atoms with Gasteiger partial charge < -0.3 is 14.8 Å². The van der Waals surface area contributed by atoms with Crippen LogP contribution in [0.15, 0.2) is 47.4 Å². The highest BCUT2D eigenvalue weighted by Crippen LogP contribution is 2.39. The summed E-state index contributed by atoms with van der Waals surface area (Å²) in [5, 5.41) is 3.24. The Hall–Kier alpha value is -3.11. The summed E-state index contributed by atoms with van der Waals surface area (Å²) < 4.78 is 34.4. The van der Waals surface area contributed by atoms with E-state index >= 15 is 0 Å². The zero-order valence-corrected chi connectivity index (χ0v) is 20.3. The number of methoxy groups -OCH3 is 1. The maximum Gasteiger partial charge on any atom is 0.414 e. The summed E-state index contributed by atoms with van der Waals surface area (Å²) >= 11 is 0. The van der Waals surface area contributed by atoms with Gasteiger partial charge in [-0.25, -0.2) is 18.0 Å². The number of benzene rings is 2. The van der Waals surface area contributed by atoms with Gasteiger partial charge in [0, 0.05) is 12.8 Å². The van der Waals surface area contributed by atoms with E-state index in [1.165, 1.54) is 12.0 Å². The molecule has 0 aliphatic carbocycles. The van der Waals surface area contributed by atoms with Crippen LogP contribution in [0.5, 0.6) is 0 Å². The van der Waals surface area contributed by atoms with Crippen molar-refractivity contribution in [3.63, 3.8) is 0 Å². The molecule has 10 heteroatoms. The Morgan fingerprint density at radius 1 is 1.03 bits per heavy atom. The van der Waals surface area contributed by atoms with E-state index in [0.29, 0.717) is 17.9 Å². The molecule has 2 heterocycles. The van der Waals surface area contributed by atoms with Crippen molar-refractivity contribution in [1.82, 2.24) is 5.32 Å². The summed E-state index contributed by atoms with van der Waals surface area (Å²) in [5.41, 5.74) is 2.63. The molecule has 2 aromatic rings. The van der Waals surface area contributed by atoms with Gasteiger partial charge in [-0.15, -0.1) is 0 Å². The lowest BCUT2D eigenvalue weighted by Gasteiger charge is -2.40. The summed E-state index contributed by atoms with van der Waals surface area (Å²) in [7, 11) is -1.99. The van der Waals surface area contributed by atoms with Gasteiger partial charge in [-0.1, -0.05) is 18.2 Å². The number of ether oxygens (including phenoxy) is 2. The normalized spacial score (nSPS) is 20.4. The highest BCUT2D eigenvalue weighted by molar-refractivity contribution is 7.90. The van der Waals surface area contributed by atoms with E-state index in [4.69, 9.17) is 9.47 Å². The predicted molar refractivity (Wildman–Crippen MR) is 129 cm³/mol. The molecule has 182 valence electrons. The van der Waals surface area contributed by atoms with Crippen molar-refractivity contribution in [3.8, 4) is 11.1 Å². The van der Waals surface area contributed by atoms with E-state index in [-0.39, 0.29) is 23.6 Å². The minimum absolute atomic E-state index is 0.203. The molecule has 0 saturated carbocycles. The van der Waals surface area contributed by atoms with Crippen LogP contribution >= 0.6 is 0 Å². The van der Waals surface area contributed by atoms with Crippen molar-refractivity contribution >= 4 is 33.4 Å². The second-order valence-corrected chi connectivity index (χ2v) is 10.7. The van der Waals surface area contributed by atoms with Crippen molar-refractivity contribution in [2.75, 3.05) is 42.8 Å². The number of carbonyl (C=O) groups is 2. The SMILES string of the molecule is COC(=O)N1c2ccc(-c3ccc(S(C)(=O)=O)cc3)cc2N(C(=O)OC2CCCNC2)C[C@@H]1C. The average molecular weight is 488 g/mol. The number of nitrogens with one attached hydrogen (secondary N) is 1. The number of piperidine rings is 1. The fourth-order valence-corrected chi connectivity index (χ4v) is 5.01.